The van der Waals surface area contributed by atoms with E-state index in [1.54, 1.807) is 30.4 Å². The van der Waals surface area contributed by atoms with Crippen LogP contribution in [0.2, 0.25) is 0 Å². The van der Waals surface area contributed by atoms with E-state index in [1.807, 2.05) is 0 Å². The molecule has 11 heteroatoms. The molecule has 3 N–H and O–H groups in total. The third-order valence-corrected chi connectivity index (χ3v) is 6.29. The van der Waals surface area contributed by atoms with Gasteiger partial charge in [0.25, 0.3) is 0 Å². The van der Waals surface area contributed by atoms with Gasteiger partial charge in [0.1, 0.15) is 0 Å². The summed E-state index contributed by atoms with van der Waals surface area (Å²) < 4.78 is 79.0. The maximum Gasteiger partial charge on any atom is 0.416 e. The SMILES string of the molecule is O=C1/C(=C/c2cc(C(F)(F)F)cc(C(F)(F)F)c2)CCc2cc(/C=C/CN(O)CCCCCC(O)O)ccc21. The number of ketones is 1. The standard InChI is InChI=1S/C28H29F6NO4/c29-27(30,31)22-15-19(16-23(17-22)28(32,33)34)14-21-9-8-20-13-18(7-10-24(20)26(21)38)5-4-12-35(39)11-3-1-2-6-25(36)37/h4-5,7,10,13-17,25,36-37,39H,1-3,6,8-9,11-12H2/b5-4+,21-14+. The quantitative estimate of drug-likeness (QED) is 0.102. The Morgan fingerprint density at radius 2 is 1.54 bits per heavy atom. The van der Waals surface area contributed by atoms with Crippen molar-refractivity contribution in [2.75, 3.05) is 13.1 Å². The fourth-order valence-corrected chi connectivity index (χ4v) is 4.30. The number of carbonyl (C=O) groups excluding carboxylic acids is 1. The average molecular weight is 558 g/mol. The predicted octanol–water partition coefficient (Wildman–Crippen LogP) is 6.51. The number of Topliss-reactive ketones (excluding diaryl/α,β-unsaturated/α-hetero) is 1. The van der Waals surface area contributed by atoms with Crippen molar-refractivity contribution < 1.29 is 46.6 Å². The number of halogens is 6. The number of hydroxylamine groups is 2. The van der Waals surface area contributed by atoms with E-state index in [-0.39, 0.29) is 36.6 Å². The van der Waals surface area contributed by atoms with E-state index >= 15 is 0 Å². The molecule has 0 aromatic heterocycles. The van der Waals surface area contributed by atoms with Crippen LogP contribution in [0.1, 0.15) is 70.3 Å². The molecule has 0 spiro atoms. The number of hydrogen-bond acceptors (Lipinski definition) is 5. The molecule has 2 aromatic rings. The molecule has 0 saturated carbocycles. The van der Waals surface area contributed by atoms with Gasteiger partial charge in [-0.3, -0.25) is 4.79 Å². The second kappa shape index (κ2) is 12.9. The molecule has 0 radical (unpaired) electrons. The number of aliphatic hydroxyl groups excluding tert-OH is 1. The smallest absolute Gasteiger partial charge is 0.368 e. The largest absolute Gasteiger partial charge is 0.416 e. The number of benzene rings is 2. The molecule has 212 valence electrons. The number of carbonyl (C=O) groups is 1. The highest BCUT2D eigenvalue weighted by atomic mass is 19.4. The van der Waals surface area contributed by atoms with Crippen molar-refractivity contribution in [3.8, 4) is 0 Å². The molecule has 0 atom stereocenters. The molecular weight excluding hydrogens is 528 g/mol. The molecule has 2 aromatic carbocycles. The van der Waals surface area contributed by atoms with E-state index in [1.165, 1.54) is 0 Å². The normalized spacial score (nSPS) is 15.7. The van der Waals surface area contributed by atoms with Crippen LogP contribution in [-0.2, 0) is 18.8 Å². The zero-order chi connectivity index (χ0) is 28.8. The molecule has 0 unspecified atom stereocenters. The number of alkyl halides is 6. The van der Waals surface area contributed by atoms with Crippen molar-refractivity contribution in [3.05, 3.63) is 81.4 Å². The summed E-state index contributed by atoms with van der Waals surface area (Å²) in [6.45, 7) is 0.665. The van der Waals surface area contributed by atoms with Crippen LogP contribution in [0.5, 0.6) is 0 Å². The number of hydrogen-bond donors (Lipinski definition) is 3. The van der Waals surface area contributed by atoms with E-state index in [0.717, 1.165) is 23.1 Å². The first kappa shape index (κ1) is 30.6. The van der Waals surface area contributed by atoms with Gasteiger partial charge in [0.2, 0.25) is 0 Å². The van der Waals surface area contributed by atoms with Crippen LogP contribution in [0.15, 0.2) is 48.0 Å². The Morgan fingerprint density at radius 1 is 0.872 bits per heavy atom. The molecule has 1 aliphatic carbocycles. The summed E-state index contributed by atoms with van der Waals surface area (Å²) in [5.74, 6) is -0.451. The second-order valence-electron chi connectivity index (χ2n) is 9.40. The number of aliphatic hydroxyl groups is 2. The topological polar surface area (TPSA) is 81.0 Å². The van der Waals surface area contributed by atoms with Crippen molar-refractivity contribution in [1.82, 2.24) is 5.06 Å². The summed E-state index contributed by atoms with van der Waals surface area (Å²) in [5, 5.41) is 28.7. The highest BCUT2D eigenvalue weighted by molar-refractivity contribution is 6.13. The third-order valence-electron chi connectivity index (χ3n) is 6.29. The van der Waals surface area contributed by atoms with Crippen LogP contribution in [0.3, 0.4) is 0 Å². The van der Waals surface area contributed by atoms with Gasteiger partial charge < -0.3 is 15.4 Å². The Morgan fingerprint density at radius 3 is 2.15 bits per heavy atom. The molecule has 5 nitrogen and oxygen atoms in total. The molecule has 0 amide bonds. The average Bonchev–Trinajstić information content (AvgIpc) is 2.84. The molecule has 0 heterocycles. The predicted molar refractivity (Wildman–Crippen MR) is 133 cm³/mol. The lowest BCUT2D eigenvalue weighted by Gasteiger charge is -2.19. The van der Waals surface area contributed by atoms with Crippen LogP contribution in [0.4, 0.5) is 26.3 Å². The van der Waals surface area contributed by atoms with Gasteiger partial charge in [-0.1, -0.05) is 36.8 Å². The number of allylic oxidation sites excluding steroid dienone is 1. The minimum atomic E-state index is -4.97. The molecule has 0 saturated heterocycles. The summed E-state index contributed by atoms with van der Waals surface area (Å²) in [7, 11) is 0. The van der Waals surface area contributed by atoms with Crippen molar-refractivity contribution in [2.24, 2.45) is 0 Å². The zero-order valence-electron chi connectivity index (χ0n) is 20.9. The van der Waals surface area contributed by atoms with Gasteiger partial charge in [-0.2, -0.15) is 31.4 Å². The zero-order valence-corrected chi connectivity index (χ0v) is 20.9. The van der Waals surface area contributed by atoms with E-state index < -0.39 is 35.6 Å². The van der Waals surface area contributed by atoms with E-state index in [0.29, 0.717) is 49.1 Å². The number of rotatable bonds is 10. The second-order valence-corrected chi connectivity index (χ2v) is 9.40. The summed E-state index contributed by atoms with van der Waals surface area (Å²) in [6.07, 6.45) is -3.78. The van der Waals surface area contributed by atoms with Gasteiger partial charge >= 0.3 is 12.4 Å². The summed E-state index contributed by atoms with van der Waals surface area (Å²) >= 11 is 0. The lowest BCUT2D eigenvalue weighted by Crippen LogP contribution is -2.20. The minimum absolute atomic E-state index is 0.0520. The number of fused-ring (bicyclic) bond motifs is 1. The first-order valence-corrected chi connectivity index (χ1v) is 12.4. The van der Waals surface area contributed by atoms with Gasteiger partial charge in [-0.25, -0.2) is 0 Å². The highest BCUT2D eigenvalue weighted by Gasteiger charge is 2.37. The van der Waals surface area contributed by atoms with Gasteiger partial charge in [-0.15, -0.1) is 0 Å². The maximum atomic E-state index is 13.2. The van der Waals surface area contributed by atoms with Crippen LogP contribution in [-0.4, -0.2) is 45.6 Å². The van der Waals surface area contributed by atoms with Crippen molar-refractivity contribution in [1.29, 1.82) is 0 Å². The van der Waals surface area contributed by atoms with Crippen molar-refractivity contribution in [3.63, 3.8) is 0 Å². The molecule has 1 aliphatic rings. The Kier molecular flexibility index (Phi) is 10.1. The summed E-state index contributed by atoms with van der Waals surface area (Å²) in [6, 6.07) is 6.28. The Balaban J connectivity index is 1.68. The molecule has 3 rings (SSSR count). The first-order valence-electron chi connectivity index (χ1n) is 12.4. The van der Waals surface area contributed by atoms with E-state index in [9.17, 15) is 36.3 Å². The van der Waals surface area contributed by atoms with Gasteiger partial charge in [0.15, 0.2) is 12.1 Å². The Hall–Kier alpha value is -2.99. The van der Waals surface area contributed by atoms with Crippen LogP contribution < -0.4 is 0 Å². The lowest BCUT2D eigenvalue weighted by atomic mass is 9.85. The van der Waals surface area contributed by atoms with E-state index in [4.69, 9.17) is 10.2 Å². The molecular formula is C28H29F6NO4. The first-order chi connectivity index (χ1) is 18.2. The lowest BCUT2D eigenvalue weighted by molar-refractivity contribution is -0.143. The fraction of sp³-hybridized carbons (Fsp3) is 0.393. The summed E-state index contributed by atoms with van der Waals surface area (Å²) in [5.41, 5.74) is -1.27. The minimum Gasteiger partial charge on any atom is -0.368 e. The molecule has 0 bridgehead atoms. The van der Waals surface area contributed by atoms with Gasteiger partial charge in [-0.05, 0) is 73.1 Å². The molecule has 0 aliphatic heterocycles. The van der Waals surface area contributed by atoms with E-state index in [2.05, 4.69) is 0 Å². The van der Waals surface area contributed by atoms with Crippen molar-refractivity contribution in [2.45, 2.75) is 57.2 Å². The fourth-order valence-electron chi connectivity index (χ4n) is 4.30. The van der Waals surface area contributed by atoms with Crippen molar-refractivity contribution >= 4 is 17.9 Å². The third kappa shape index (κ3) is 9.03. The highest BCUT2D eigenvalue weighted by Crippen LogP contribution is 2.37. The molecule has 0 fully saturated rings. The van der Waals surface area contributed by atoms with Crippen LogP contribution >= 0.6 is 0 Å². The number of unbranched alkanes of at least 4 members (excludes halogenated alkanes) is 2. The monoisotopic (exact) mass is 557 g/mol. The van der Waals surface area contributed by atoms with Crippen LogP contribution in [0, 0.1) is 0 Å². The van der Waals surface area contributed by atoms with Crippen LogP contribution in [0.25, 0.3) is 12.2 Å². The summed E-state index contributed by atoms with van der Waals surface area (Å²) in [4.78, 5) is 13.0. The molecule has 39 heavy (non-hydrogen) atoms. The number of aryl methyl sites for hydroxylation is 1. The Labute approximate surface area is 221 Å². The van der Waals surface area contributed by atoms with Gasteiger partial charge in [0.05, 0.1) is 11.1 Å². The Bertz CT molecular complexity index is 1190. The van der Waals surface area contributed by atoms with Gasteiger partial charge in [0, 0.05) is 24.2 Å². The number of nitrogens with zero attached hydrogens (tertiary/aromatic N) is 1. The maximum absolute atomic E-state index is 13.2.